The second-order valence-corrected chi connectivity index (χ2v) is 8.55. The van der Waals surface area contributed by atoms with Crippen LogP contribution in [0.5, 0.6) is 0 Å². The summed E-state index contributed by atoms with van der Waals surface area (Å²) < 4.78 is 18.0. The molecule has 1 heterocycles. The number of hydrogen-bond acceptors (Lipinski definition) is 4. The molecule has 5 nitrogen and oxygen atoms in total. The van der Waals surface area contributed by atoms with E-state index in [1.54, 1.807) is 19.1 Å². The summed E-state index contributed by atoms with van der Waals surface area (Å²) in [7, 11) is -1.32. The first kappa shape index (κ1) is 19.1. The van der Waals surface area contributed by atoms with Crippen molar-refractivity contribution in [1.29, 1.82) is 0 Å². The van der Waals surface area contributed by atoms with Crippen LogP contribution in [0.25, 0.3) is 11.5 Å². The van der Waals surface area contributed by atoms with Gasteiger partial charge in [-0.3, -0.25) is 9.00 Å². The third-order valence-electron chi connectivity index (χ3n) is 4.54. The quantitative estimate of drug-likeness (QED) is 0.803. The minimum atomic E-state index is -1.32. The van der Waals surface area contributed by atoms with Crippen molar-refractivity contribution in [3.63, 3.8) is 0 Å². The van der Waals surface area contributed by atoms with Crippen LogP contribution in [0, 0.1) is 6.92 Å². The van der Waals surface area contributed by atoms with Crippen molar-refractivity contribution in [3.05, 3.63) is 40.7 Å². The van der Waals surface area contributed by atoms with E-state index in [-0.39, 0.29) is 23.5 Å². The predicted octanol–water partition coefficient (Wildman–Crippen LogP) is 4.00. The molecule has 1 amide bonds. The Balaban J connectivity index is 1.57. The largest absolute Gasteiger partial charge is 0.441 e. The number of hydrogen-bond donors (Lipinski definition) is 1. The van der Waals surface area contributed by atoms with Gasteiger partial charge in [0.15, 0.2) is 0 Å². The minimum absolute atomic E-state index is 0.000914. The zero-order chi connectivity index (χ0) is 18.5. The van der Waals surface area contributed by atoms with Crippen LogP contribution in [0.15, 0.2) is 28.7 Å². The molecule has 3 rings (SSSR count). The molecule has 1 N–H and O–H groups in total. The fraction of sp³-hybridized carbons (Fsp3) is 0.474. The Morgan fingerprint density at radius 2 is 1.96 bits per heavy atom. The Labute approximate surface area is 161 Å². The molecule has 140 valence electrons. The molecule has 0 aliphatic heterocycles. The zero-order valence-electron chi connectivity index (χ0n) is 14.8. The molecule has 0 bridgehead atoms. The first-order chi connectivity index (χ1) is 12.5. The van der Waals surface area contributed by atoms with Crippen molar-refractivity contribution in [1.82, 2.24) is 10.3 Å². The Kier molecular flexibility index (Phi) is 6.48. The van der Waals surface area contributed by atoms with Gasteiger partial charge in [0.2, 0.25) is 11.8 Å². The summed E-state index contributed by atoms with van der Waals surface area (Å²) in [6, 6.07) is 7.42. The minimum Gasteiger partial charge on any atom is -0.441 e. The predicted molar refractivity (Wildman–Crippen MR) is 103 cm³/mol. The van der Waals surface area contributed by atoms with Crippen molar-refractivity contribution in [3.8, 4) is 11.5 Å². The van der Waals surface area contributed by atoms with Gasteiger partial charge in [0.05, 0.1) is 11.4 Å². The van der Waals surface area contributed by atoms with Gasteiger partial charge in [-0.1, -0.05) is 30.9 Å². The van der Waals surface area contributed by atoms with Gasteiger partial charge < -0.3 is 9.73 Å². The molecule has 1 saturated carbocycles. The number of carbonyl (C=O) groups excluding carboxylic acids is 1. The van der Waals surface area contributed by atoms with Crippen molar-refractivity contribution >= 4 is 28.3 Å². The van der Waals surface area contributed by atoms with E-state index in [2.05, 4.69) is 10.3 Å². The topological polar surface area (TPSA) is 72.2 Å². The highest BCUT2D eigenvalue weighted by molar-refractivity contribution is 7.84. The number of halogens is 1. The summed E-state index contributed by atoms with van der Waals surface area (Å²) in [5.74, 6) is 1.16. The van der Waals surface area contributed by atoms with Crippen LogP contribution >= 0.6 is 11.6 Å². The second-order valence-electron chi connectivity index (χ2n) is 6.66. The third kappa shape index (κ3) is 5.17. The van der Waals surface area contributed by atoms with E-state index in [4.69, 9.17) is 16.0 Å². The number of aryl methyl sites for hydroxylation is 1. The normalized spacial score (nSPS) is 16.4. The molecule has 0 saturated heterocycles. The molecule has 2 aromatic rings. The van der Waals surface area contributed by atoms with Gasteiger partial charge in [-0.05, 0) is 44.0 Å². The molecule has 1 fully saturated rings. The second kappa shape index (κ2) is 8.82. The number of benzene rings is 1. The molecular weight excluding hydrogens is 372 g/mol. The van der Waals surface area contributed by atoms with E-state index in [9.17, 15) is 9.00 Å². The average Bonchev–Trinajstić information content (AvgIpc) is 2.96. The summed E-state index contributed by atoms with van der Waals surface area (Å²) in [5.41, 5.74) is 1.43. The van der Waals surface area contributed by atoms with E-state index < -0.39 is 10.8 Å². The lowest BCUT2D eigenvalue weighted by Gasteiger charge is -2.22. The fourth-order valence-corrected chi connectivity index (χ4v) is 4.32. The molecule has 26 heavy (non-hydrogen) atoms. The maximum absolute atomic E-state index is 12.4. The SMILES string of the molecule is Cc1oc(-c2ccc(Cl)cc2)nc1C[S@@](=O)CC(=O)NC1CCCCC1. The highest BCUT2D eigenvalue weighted by atomic mass is 35.5. The molecule has 1 aliphatic carbocycles. The van der Waals surface area contributed by atoms with Crippen molar-refractivity contribution in [2.24, 2.45) is 0 Å². The van der Waals surface area contributed by atoms with Crippen LogP contribution in [-0.2, 0) is 21.3 Å². The van der Waals surface area contributed by atoms with Gasteiger partial charge in [-0.15, -0.1) is 0 Å². The lowest BCUT2D eigenvalue weighted by atomic mass is 9.95. The zero-order valence-corrected chi connectivity index (χ0v) is 16.4. The van der Waals surface area contributed by atoms with Gasteiger partial charge in [0.25, 0.3) is 0 Å². The Morgan fingerprint density at radius 3 is 2.65 bits per heavy atom. The molecule has 1 atom stereocenters. The van der Waals surface area contributed by atoms with E-state index >= 15 is 0 Å². The van der Waals surface area contributed by atoms with Gasteiger partial charge >= 0.3 is 0 Å². The lowest BCUT2D eigenvalue weighted by Crippen LogP contribution is -2.38. The Hall–Kier alpha value is -1.66. The summed E-state index contributed by atoms with van der Waals surface area (Å²) in [5, 5.41) is 3.64. The summed E-state index contributed by atoms with van der Waals surface area (Å²) in [6.07, 6.45) is 5.58. The molecule has 0 unspecified atom stereocenters. The first-order valence-corrected chi connectivity index (χ1v) is 10.7. The molecule has 1 aromatic heterocycles. The first-order valence-electron chi connectivity index (χ1n) is 8.88. The molecule has 7 heteroatoms. The van der Waals surface area contributed by atoms with E-state index in [1.807, 2.05) is 12.1 Å². The summed E-state index contributed by atoms with van der Waals surface area (Å²) >= 11 is 5.89. The summed E-state index contributed by atoms with van der Waals surface area (Å²) in [6.45, 7) is 1.79. The highest BCUT2D eigenvalue weighted by Crippen LogP contribution is 2.24. The van der Waals surface area contributed by atoms with Crippen LogP contribution in [0.4, 0.5) is 0 Å². The number of rotatable bonds is 6. The fourth-order valence-electron chi connectivity index (χ4n) is 3.14. The van der Waals surface area contributed by atoms with Gasteiger partial charge in [-0.2, -0.15) is 0 Å². The van der Waals surface area contributed by atoms with Crippen LogP contribution < -0.4 is 5.32 Å². The Morgan fingerprint density at radius 1 is 1.27 bits per heavy atom. The number of aromatic nitrogens is 1. The van der Waals surface area contributed by atoms with E-state index in [1.165, 1.54) is 6.42 Å². The Bertz CT molecular complexity index is 783. The molecule has 0 radical (unpaired) electrons. The summed E-state index contributed by atoms with van der Waals surface area (Å²) in [4.78, 5) is 16.5. The maximum Gasteiger partial charge on any atom is 0.232 e. The molecule has 0 spiro atoms. The number of nitrogens with one attached hydrogen (secondary N) is 1. The number of amides is 1. The van der Waals surface area contributed by atoms with Gasteiger partial charge in [0, 0.05) is 27.4 Å². The smallest absolute Gasteiger partial charge is 0.232 e. The van der Waals surface area contributed by atoms with Crippen LogP contribution in [-0.4, -0.2) is 26.9 Å². The molecule has 1 aliphatic rings. The highest BCUT2D eigenvalue weighted by Gasteiger charge is 2.19. The maximum atomic E-state index is 12.4. The van der Waals surface area contributed by atoms with Gasteiger partial charge in [-0.25, -0.2) is 4.98 Å². The lowest BCUT2D eigenvalue weighted by molar-refractivity contribution is -0.119. The van der Waals surface area contributed by atoms with Crippen molar-refractivity contribution < 1.29 is 13.4 Å². The van der Waals surface area contributed by atoms with Crippen LogP contribution in [0.2, 0.25) is 5.02 Å². The average molecular weight is 395 g/mol. The van der Waals surface area contributed by atoms with Crippen molar-refractivity contribution in [2.75, 3.05) is 5.75 Å². The number of nitrogens with zero attached hydrogens (tertiary/aromatic N) is 1. The van der Waals surface area contributed by atoms with Crippen LogP contribution in [0.3, 0.4) is 0 Å². The van der Waals surface area contributed by atoms with Crippen molar-refractivity contribution in [2.45, 2.75) is 50.8 Å². The van der Waals surface area contributed by atoms with Crippen LogP contribution in [0.1, 0.15) is 43.6 Å². The standard InChI is InChI=1S/C19H23ClN2O3S/c1-13-17(22-19(25-13)14-7-9-15(20)10-8-14)11-26(24)12-18(23)21-16-5-3-2-4-6-16/h7-10,16H,2-6,11-12H2,1H3,(H,21,23)/t26-/m1/s1. The van der Waals surface area contributed by atoms with E-state index in [0.29, 0.717) is 22.4 Å². The monoisotopic (exact) mass is 394 g/mol. The third-order valence-corrected chi connectivity index (χ3v) is 5.98. The van der Waals surface area contributed by atoms with Gasteiger partial charge in [0.1, 0.15) is 11.5 Å². The van der Waals surface area contributed by atoms with E-state index in [0.717, 1.165) is 31.2 Å². The number of oxazole rings is 1. The number of carbonyl (C=O) groups is 1. The molecular formula is C19H23ClN2O3S. The molecule has 1 aromatic carbocycles.